The van der Waals surface area contributed by atoms with Gasteiger partial charge in [0.25, 0.3) is 0 Å². The van der Waals surface area contributed by atoms with E-state index in [-0.39, 0.29) is 24.8 Å². The molecular weight excluding hydrogens is 284 g/mol. The number of anilines is 1. The van der Waals surface area contributed by atoms with Gasteiger partial charge in [-0.05, 0) is 25.0 Å². The lowest BCUT2D eigenvalue weighted by atomic mass is 10.2. The molecule has 0 aromatic heterocycles. The largest absolute Gasteiger partial charge is 0.480 e. The van der Waals surface area contributed by atoms with Crippen LogP contribution in [0.15, 0.2) is 30.3 Å². The van der Waals surface area contributed by atoms with E-state index >= 15 is 0 Å². The minimum absolute atomic E-state index is 0.125. The van der Waals surface area contributed by atoms with E-state index in [1.54, 1.807) is 31.2 Å². The molecule has 6 heteroatoms. The molecule has 2 amide bonds. The van der Waals surface area contributed by atoms with Gasteiger partial charge in [-0.15, -0.1) is 0 Å². The summed E-state index contributed by atoms with van der Waals surface area (Å²) in [6.45, 7) is 2.04. The van der Waals surface area contributed by atoms with Crippen LogP contribution in [0, 0.1) is 0 Å². The zero-order chi connectivity index (χ0) is 16.1. The maximum Gasteiger partial charge on any atom is 0.326 e. The average Bonchev–Trinajstić information content (AvgIpc) is 3.02. The fourth-order valence-electron chi connectivity index (χ4n) is 2.67. The standard InChI is InChI=1S/C16H20N2O4/c1-2-14(19)18(12-7-4-3-5-8-12)11-15(20)17-10-6-9-13(17)16(21)22/h3-5,7-8,13H,2,6,9-11H2,1H3,(H,21,22)/t13-/m0/s1. The van der Waals surface area contributed by atoms with Gasteiger partial charge in [0.2, 0.25) is 11.8 Å². The number of hydrogen-bond acceptors (Lipinski definition) is 3. The number of carboxylic acids is 1. The highest BCUT2D eigenvalue weighted by Gasteiger charge is 2.35. The van der Waals surface area contributed by atoms with Crippen LogP contribution < -0.4 is 4.90 Å². The monoisotopic (exact) mass is 304 g/mol. The van der Waals surface area contributed by atoms with Crippen LogP contribution in [-0.2, 0) is 14.4 Å². The van der Waals surface area contributed by atoms with Gasteiger partial charge >= 0.3 is 5.97 Å². The van der Waals surface area contributed by atoms with Crippen molar-refractivity contribution >= 4 is 23.5 Å². The molecule has 6 nitrogen and oxygen atoms in total. The van der Waals surface area contributed by atoms with Gasteiger partial charge in [0.05, 0.1) is 0 Å². The maximum atomic E-state index is 12.4. The molecule has 22 heavy (non-hydrogen) atoms. The minimum atomic E-state index is -0.987. The summed E-state index contributed by atoms with van der Waals surface area (Å²) in [6, 6.07) is 8.18. The van der Waals surface area contributed by atoms with Crippen molar-refractivity contribution in [1.29, 1.82) is 0 Å². The van der Waals surface area contributed by atoms with Crippen LogP contribution >= 0.6 is 0 Å². The SMILES string of the molecule is CCC(=O)N(CC(=O)N1CCC[C@H]1C(=O)O)c1ccccc1. The molecule has 1 aromatic rings. The molecule has 0 spiro atoms. The molecule has 0 saturated carbocycles. The van der Waals surface area contributed by atoms with Gasteiger partial charge in [0.15, 0.2) is 0 Å². The number of benzene rings is 1. The molecule has 0 aliphatic carbocycles. The van der Waals surface area contributed by atoms with Gasteiger partial charge in [-0.3, -0.25) is 9.59 Å². The van der Waals surface area contributed by atoms with Crippen molar-refractivity contribution in [3.8, 4) is 0 Å². The van der Waals surface area contributed by atoms with E-state index in [1.165, 1.54) is 9.80 Å². The molecule has 1 fully saturated rings. The van der Waals surface area contributed by atoms with Crippen molar-refractivity contribution in [3.05, 3.63) is 30.3 Å². The van der Waals surface area contributed by atoms with Crippen molar-refractivity contribution in [1.82, 2.24) is 4.90 Å². The minimum Gasteiger partial charge on any atom is -0.480 e. The average molecular weight is 304 g/mol. The summed E-state index contributed by atoms with van der Waals surface area (Å²) >= 11 is 0. The fraction of sp³-hybridized carbons (Fsp3) is 0.438. The van der Waals surface area contributed by atoms with Crippen LogP contribution in [0.25, 0.3) is 0 Å². The second-order valence-corrected chi connectivity index (χ2v) is 5.25. The first-order valence-electron chi connectivity index (χ1n) is 7.42. The molecular formula is C16H20N2O4. The summed E-state index contributed by atoms with van der Waals surface area (Å²) in [5.41, 5.74) is 0.647. The lowest BCUT2D eigenvalue weighted by Crippen LogP contribution is -2.47. The topological polar surface area (TPSA) is 77.9 Å². The Morgan fingerprint density at radius 2 is 1.95 bits per heavy atom. The molecule has 0 unspecified atom stereocenters. The van der Waals surface area contributed by atoms with E-state index in [9.17, 15) is 14.4 Å². The third-order valence-electron chi connectivity index (χ3n) is 3.82. The predicted molar refractivity (Wildman–Crippen MR) is 81.5 cm³/mol. The van der Waals surface area contributed by atoms with Crippen LogP contribution in [0.1, 0.15) is 26.2 Å². The highest BCUT2D eigenvalue weighted by atomic mass is 16.4. The van der Waals surface area contributed by atoms with Gasteiger partial charge in [0, 0.05) is 18.7 Å². The first-order chi connectivity index (χ1) is 10.5. The predicted octanol–water partition coefficient (Wildman–Crippen LogP) is 1.51. The number of aliphatic carboxylic acids is 1. The van der Waals surface area contributed by atoms with Gasteiger partial charge in [0.1, 0.15) is 12.6 Å². The number of carboxylic acid groups (broad SMARTS) is 1. The highest BCUT2D eigenvalue weighted by Crippen LogP contribution is 2.20. The van der Waals surface area contributed by atoms with Crippen LogP contribution in [0.4, 0.5) is 5.69 Å². The lowest BCUT2D eigenvalue weighted by molar-refractivity contribution is -0.147. The van der Waals surface area contributed by atoms with E-state index < -0.39 is 12.0 Å². The maximum absolute atomic E-state index is 12.4. The smallest absolute Gasteiger partial charge is 0.326 e. The second kappa shape index (κ2) is 7.06. The Hall–Kier alpha value is -2.37. The number of hydrogen-bond donors (Lipinski definition) is 1. The summed E-state index contributed by atoms with van der Waals surface area (Å²) in [4.78, 5) is 38.5. The summed E-state index contributed by atoms with van der Waals surface area (Å²) in [7, 11) is 0. The molecule has 1 N–H and O–H groups in total. The van der Waals surface area contributed by atoms with Crippen molar-refractivity contribution < 1.29 is 19.5 Å². The zero-order valence-corrected chi connectivity index (χ0v) is 12.6. The number of para-hydroxylation sites is 1. The Balaban J connectivity index is 2.15. The van der Waals surface area contributed by atoms with E-state index in [2.05, 4.69) is 0 Å². The molecule has 1 aliphatic heterocycles. The lowest BCUT2D eigenvalue weighted by Gasteiger charge is -2.27. The molecule has 2 rings (SSSR count). The van der Waals surface area contributed by atoms with E-state index in [1.807, 2.05) is 6.07 Å². The summed E-state index contributed by atoms with van der Waals surface area (Å²) in [6.07, 6.45) is 1.43. The zero-order valence-electron chi connectivity index (χ0n) is 12.6. The molecule has 0 radical (unpaired) electrons. The van der Waals surface area contributed by atoms with Crippen LogP contribution in [0.3, 0.4) is 0 Å². The third-order valence-corrected chi connectivity index (χ3v) is 3.82. The molecule has 0 bridgehead atoms. The van der Waals surface area contributed by atoms with Crippen molar-refractivity contribution in [2.45, 2.75) is 32.2 Å². The highest BCUT2D eigenvalue weighted by molar-refractivity contribution is 5.99. The number of carbonyl (C=O) groups excluding carboxylic acids is 2. The van der Waals surface area contributed by atoms with Crippen molar-refractivity contribution in [2.75, 3.05) is 18.0 Å². The van der Waals surface area contributed by atoms with Crippen LogP contribution in [0.5, 0.6) is 0 Å². The number of likely N-dealkylation sites (tertiary alicyclic amines) is 1. The summed E-state index contributed by atoms with van der Waals surface area (Å²) in [5, 5.41) is 9.16. The van der Waals surface area contributed by atoms with Crippen LogP contribution in [-0.4, -0.2) is 46.9 Å². The molecule has 118 valence electrons. The molecule has 1 atom stereocenters. The normalized spacial score (nSPS) is 17.3. The van der Waals surface area contributed by atoms with Crippen molar-refractivity contribution in [2.24, 2.45) is 0 Å². The Kier molecular flexibility index (Phi) is 5.14. The van der Waals surface area contributed by atoms with E-state index in [0.717, 1.165) is 0 Å². The van der Waals surface area contributed by atoms with E-state index in [0.29, 0.717) is 25.1 Å². The van der Waals surface area contributed by atoms with Crippen LogP contribution in [0.2, 0.25) is 0 Å². The number of nitrogens with zero attached hydrogens (tertiary/aromatic N) is 2. The summed E-state index contributed by atoms with van der Waals surface area (Å²) in [5.74, 6) is -1.47. The Morgan fingerprint density at radius 3 is 2.55 bits per heavy atom. The first-order valence-corrected chi connectivity index (χ1v) is 7.42. The second-order valence-electron chi connectivity index (χ2n) is 5.25. The van der Waals surface area contributed by atoms with Gasteiger partial charge in [-0.1, -0.05) is 25.1 Å². The Labute approximate surface area is 129 Å². The quantitative estimate of drug-likeness (QED) is 0.894. The molecule has 1 heterocycles. The summed E-state index contributed by atoms with van der Waals surface area (Å²) < 4.78 is 0. The number of amides is 2. The Bertz CT molecular complexity index is 559. The molecule has 1 aliphatic rings. The van der Waals surface area contributed by atoms with Gasteiger partial charge in [-0.25, -0.2) is 4.79 Å². The third kappa shape index (κ3) is 3.44. The van der Waals surface area contributed by atoms with Gasteiger partial charge < -0.3 is 14.9 Å². The van der Waals surface area contributed by atoms with E-state index in [4.69, 9.17) is 5.11 Å². The van der Waals surface area contributed by atoms with Crippen molar-refractivity contribution in [3.63, 3.8) is 0 Å². The molecule has 1 aromatic carbocycles. The van der Waals surface area contributed by atoms with Gasteiger partial charge in [-0.2, -0.15) is 0 Å². The number of carbonyl (C=O) groups is 3. The fourth-order valence-corrected chi connectivity index (χ4v) is 2.67. The number of rotatable bonds is 5. The first kappa shape index (κ1) is 16.0. The Morgan fingerprint density at radius 1 is 1.27 bits per heavy atom. The molecule has 1 saturated heterocycles.